The van der Waals surface area contributed by atoms with Crippen LogP contribution in [0.3, 0.4) is 0 Å². The van der Waals surface area contributed by atoms with Crippen molar-refractivity contribution in [3.63, 3.8) is 0 Å². The standard InChI is InChI=1S/C13H17NO3/c1-2-16-10-5-7-11(8-6-10)17-13(15)12-4-3-9-14-12/h5-8,12,14H,2-4,9H2,1H3. The molecule has 1 unspecified atom stereocenters. The fourth-order valence-corrected chi connectivity index (χ4v) is 1.84. The lowest BCUT2D eigenvalue weighted by atomic mass is 10.2. The Balaban J connectivity index is 1.91. The Labute approximate surface area is 101 Å². The van der Waals surface area contributed by atoms with Gasteiger partial charge in [-0.2, -0.15) is 0 Å². The number of hydrogen-bond donors (Lipinski definition) is 1. The second-order valence-corrected chi connectivity index (χ2v) is 3.97. The molecule has 0 radical (unpaired) electrons. The zero-order chi connectivity index (χ0) is 12.1. The summed E-state index contributed by atoms with van der Waals surface area (Å²) in [7, 11) is 0. The molecule has 17 heavy (non-hydrogen) atoms. The molecule has 1 aliphatic heterocycles. The summed E-state index contributed by atoms with van der Waals surface area (Å²) in [6.45, 7) is 3.45. The van der Waals surface area contributed by atoms with Gasteiger partial charge < -0.3 is 14.8 Å². The van der Waals surface area contributed by atoms with E-state index in [0.717, 1.165) is 25.1 Å². The first-order valence-corrected chi connectivity index (χ1v) is 5.97. The van der Waals surface area contributed by atoms with Crippen molar-refractivity contribution in [2.24, 2.45) is 0 Å². The maximum absolute atomic E-state index is 11.7. The van der Waals surface area contributed by atoms with Gasteiger partial charge in [0.15, 0.2) is 0 Å². The first kappa shape index (κ1) is 11.9. The van der Waals surface area contributed by atoms with Gasteiger partial charge in [-0.1, -0.05) is 0 Å². The lowest BCUT2D eigenvalue weighted by molar-refractivity contribution is -0.136. The van der Waals surface area contributed by atoms with Crippen LogP contribution in [0, 0.1) is 0 Å². The van der Waals surface area contributed by atoms with Gasteiger partial charge in [0.2, 0.25) is 0 Å². The summed E-state index contributed by atoms with van der Waals surface area (Å²) in [6, 6.07) is 6.94. The van der Waals surface area contributed by atoms with Crippen LogP contribution in [-0.2, 0) is 4.79 Å². The smallest absolute Gasteiger partial charge is 0.328 e. The van der Waals surface area contributed by atoms with Gasteiger partial charge >= 0.3 is 5.97 Å². The first-order chi connectivity index (χ1) is 8.29. The van der Waals surface area contributed by atoms with Crippen LogP contribution < -0.4 is 14.8 Å². The van der Waals surface area contributed by atoms with Gasteiger partial charge in [0, 0.05) is 0 Å². The van der Waals surface area contributed by atoms with Crippen LogP contribution >= 0.6 is 0 Å². The van der Waals surface area contributed by atoms with E-state index in [1.165, 1.54) is 0 Å². The largest absolute Gasteiger partial charge is 0.494 e. The second-order valence-electron chi connectivity index (χ2n) is 3.97. The van der Waals surface area contributed by atoms with Crippen molar-refractivity contribution >= 4 is 5.97 Å². The highest BCUT2D eigenvalue weighted by Gasteiger charge is 2.23. The zero-order valence-electron chi connectivity index (χ0n) is 9.94. The summed E-state index contributed by atoms with van der Waals surface area (Å²) in [5.74, 6) is 1.14. The van der Waals surface area contributed by atoms with E-state index in [0.29, 0.717) is 12.4 Å². The maximum atomic E-state index is 11.7. The van der Waals surface area contributed by atoms with Gasteiger partial charge in [0.25, 0.3) is 0 Å². The molecule has 0 saturated carbocycles. The van der Waals surface area contributed by atoms with Crippen molar-refractivity contribution in [1.82, 2.24) is 5.32 Å². The molecule has 0 bridgehead atoms. The minimum atomic E-state index is -0.202. The minimum absolute atomic E-state index is 0.151. The number of rotatable bonds is 4. The fraction of sp³-hybridized carbons (Fsp3) is 0.462. The maximum Gasteiger partial charge on any atom is 0.328 e. The highest BCUT2D eigenvalue weighted by atomic mass is 16.5. The average molecular weight is 235 g/mol. The summed E-state index contributed by atoms with van der Waals surface area (Å²) in [6.07, 6.45) is 1.89. The van der Waals surface area contributed by atoms with Gasteiger partial charge in [0.1, 0.15) is 17.5 Å². The third kappa shape index (κ3) is 3.20. The Morgan fingerprint density at radius 2 is 2.06 bits per heavy atom. The molecular weight excluding hydrogens is 218 g/mol. The Kier molecular flexibility index (Phi) is 3.98. The third-order valence-electron chi connectivity index (χ3n) is 2.70. The predicted molar refractivity (Wildman–Crippen MR) is 64.3 cm³/mol. The van der Waals surface area contributed by atoms with E-state index in [2.05, 4.69) is 5.32 Å². The predicted octanol–water partition coefficient (Wildman–Crippen LogP) is 1.74. The molecule has 0 aromatic heterocycles. The van der Waals surface area contributed by atoms with Crippen molar-refractivity contribution in [3.8, 4) is 11.5 Å². The average Bonchev–Trinajstić information content (AvgIpc) is 2.86. The molecule has 1 aromatic rings. The highest BCUT2D eigenvalue weighted by Crippen LogP contribution is 2.18. The van der Waals surface area contributed by atoms with Crippen LogP contribution in [0.25, 0.3) is 0 Å². The number of carbonyl (C=O) groups excluding carboxylic acids is 1. The molecule has 1 aliphatic rings. The van der Waals surface area contributed by atoms with E-state index < -0.39 is 0 Å². The highest BCUT2D eigenvalue weighted by molar-refractivity contribution is 5.78. The van der Waals surface area contributed by atoms with Gasteiger partial charge in [-0.25, -0.2) is 4.79 Å². The normalized spacial score (nSPS) is 19.0. The molecule has 0 amide bonds. The number of hydrogen-bond acceptors (Lipinski definition) is 4. The van der Waals surface area contributed by atoms with Crippen molar-refractivity contribution in [1.29, 1.82) is 0 Å². The van der Waals surface area contributed by atoms with E-state index in [4.69, 9.17) is 9.47 Å². The zero-order valence-corrected chi connectivity index (χ0v) is 9.94. The van der Waals surface area contributed by atoms with E-state index in [1.807, 2.05) is 6.92 Å². The SMILES string of the molecule is CCOc1ccc(OC(=O)C2CCCN2)cc1. The Morgan fingerprint density at radius 3 is 2.65 bits per heavy atom. The van der Waals surface area contributed by atoms with Crippen LogP contribution in [-0.4, -0.2) is 25.2 Å². The molecule has 1 atom stereocenters. The molecule has 4 nitrogen and oxygen atoms in total. The van der Waals surface area contributed by atoms with Crippen molar-refractivity contribution in [2.45, 2.75) is 25.8 Å². The fourth-order valence-electron chi connectivity index (χ4n) is 1.84. The first-order valence-electron chi connectivity index (χ1n) is 5.97. The number of benzene rings is 1. The van der Waals surface area contributed by atoms with Crippen LogP contribution in [0.4, 0.5) is 0 Å². The van der Waals surface area contributed by atoms with Gasteiger partial charge in [-0.15, -0.1) is 0 Å². The summed E-state index contributed by atoms with van der Waals surface area (Å²) < 4.78 is 10.6. The molecule has 4 heteroatoms. The molecule has 1 heterocycles. The van der Waals surface area contributed by atoms with E-state index in [9.17, 15) is 4.79 Å². The number of nitrogens with one attached hydrogen (secondary N) is 1. The summed E-state index contributed by atoms with van der Waals surface area (Å²) in [5.41, 5.74) is 0. The Morgan fingerprint density at radius 1 is 1.35 bits per heavy atom. The molecule has 1 saturated heterocycles. The molecule has 1 fully saturated rings. The quantitative estimate of drug-likeness (QED) is 0.638. The molecule has 0 spiro atoms. The lowest BCUT2D eigenvalue weighted by Gasteiger charge is -2.10. The van der Waals surface area contributed by atoms with Crippen LogP contribution in [0.2, 0.25) is 0 Å². The molecule has 1 aromatic carbocycles. The van der Waals surface area contributed by atoms with E-state index >= 15 is 0 Å². The summed E-state index contributed by atoms with van der Waals surface area (Å²) in [5, 5.41) is 3.11. The Hall–Kier alpha value is -1.55. The summed E-state index contributed by atoms with van der Waals surface area (Å²) in [4.78, 5) is 11.7. The van der Waals surface area contributed by atoms with Gasteiger partial charge in [-0.05, 0) is 50.6 Å². The lowest BCUT2D eigenvalue weighted by Crippen LogP contribution is -2.34. The second kappa shape index (κ2) is 5.68. The monoisotopic (exact) mass is 235 g/mol. The van der Waals surface area contributed by atoms with Crippen molar-refractivity contribution < 1.29 is 14.3 Å². The molecular formula is C13H17NO3. The summed E-state index contributed by atoms with van der Waals surface area (Å²) >= 11 is 0. The van der Waals surface area contributed by atoms with E-state index in [-0.39, 0.29) is 12.0 Å². The van der Waals surface area contributed by atoms with Crippen LogP contribution in [0.5, 0.6) is 11.5 Å². The van der Waals surface area contributed by atoms with Crippen LogP contribution in [0.15, 0.2) is 24.3 Å². The molecule has 2 rings (SSSR count). The van der Waals surface area contributed by atoms with Crippen LogP contribution in [0.1, 0.15) is 19.8 Å². The number of ether oxygens (including phenoxy) is 2. The molecule has 0 aliphatic carbocycles. The molecule has 92 valence electrons. The van der Waals surface area contributed by atoms with Gasteiger partial charge in [0.05, 0.1) is 6.61 Å². The van der Waals surface area contributed by atoms with E-state index in [1.54, 1.807) is 24.3 Å². The van der Waals surface area contributed by atoms with Crippen molar-refractivity contribution in [2.75, 3.05) is 13.2 Å². The number of carbonyl (C=O) groups is 1. The van der Waals surface area contributed by atoms with Crippen molar-refractivity contribution in [3.05, 3.63) is 24.3 Å². The topological polar surface area (TPSA) is 47.6 Å². The molecule has 1 N–H and O–H groups in total. The van der Waals surface area contributed by atoms with Gasteiger partial charge in [-0.3, -0.25) is 0 Å². The number of esters is 1. The Bertz CT molecular complexity index is 369. The third-order valence-corrected chi connectivity index (χ3v) is 2.70. The minimum Gasteiger partial charge on any atom is -0.494 e.